The molecule has 0 aliphatic carbocycles. The summed E-state index contributed by atoms with van der Waals surface area (Å²) < 4.78 is 39.6. The van der Waals surface area contributed by atoms with Gasteiger partial charge in [0.05, 0.1) is 19.8 Å². The van der Waals surface area contributed by atoms with Crippen LogP contribution in [0, 0.1) is 0 Å². The molecule has 6 heteroatoms. The van der Waals surface area contributed by atoms with Crippen LogP contribution in [0.25, 0.3) is 0 Å². The largest absolute Gasteiger partial charge is 0.491 e. The van der Waals surface area contributed by atoms with E-state index in [2.05, 4.69) is 0 Å². The first kappa shape index (κ1) is 30.6. The Morgan fingerprint density at radius 3 is 1.31 bits per heavy atom. The van der Waals surface area contributed by atoms with Gasteiger partial charge in [-0.05, 0) is 41.0 Å². The van der Waals surface area contributed by atoms with Crippen molar-refractivity contribution in [2.24, 2.45) is 0 Å². The second kappa shape index (κ2) is 16.0. The van der Waals surface area contributed by atoms with Gasteiger partial charge in [-0.25, -0.2) is 0 Å². The van der Waals surface area contributed by atoms with Gasteiger partial charge in [0.2, 0.25) is 6.29 Å². The van der Waals surface area contributed by atoms with Crippen LogP contribution in [0.3, 0.4) is 0 Å². The first-order chi connectivity index (χ1) is 22.3. The van der Waals surface area contributed by atoms with Crippen molar-refractivity contribution in [2.45, 2.75) is 50.5 Å². The fourth-order valence-electron chi connectivity index (χ4n) is 5.30. The number of rotatable bonds is 14. The fourth-order valence-corrected chi connectivity index (χ4v) is 5.30. The highest BCUT2D eigenvalue weighted by atomic mass is 16.7. The molecule has 5 aromatic rings. The van der Waals surface area contributed by atoms with Crippen LogP contribution in [0.1, 0.15) is 16.7 Å². The third-order valence-corrected chi connectivity index (χ3v) is 7.60. The van der Waals surface area contributed by atoms with Crippen LogP contribution in [-0.4, -0.2) is 37.3 Å². The Hall–Kier alpha value is -4.46. The smallest absolute Gasteiger partial charge is 0.229 e. The maximum absolute atomic E-state index is 6.76. The molecule has 5 atom stereocenters. The van der Waals surface area contributed by atoms with Crippen LogP contribution in [0.2, 0.25) is 0 Å². The third kappa shape index (κ3) is 8.81. The normalized spacial score (nSPS) is 21.2. The molecule has 0 aromatic heterocycles. The van der Waals surface area contributed by atoms with Crippen LogP contribution in [0.15, 0.2) is 152 Å². The summed E-state index contributed by atoms with van der Waals surface area (Å²) >= 11 is 0. The zero-order chi connectivity index (χ0) is 30.5. The molecular formula is C39H38O6. The molecule has 6 rings (SSSR count). The standard InChI is InChI=1S/C39H38O6/c1-6-16-30(17-7-1)26-41-36-35(29-40-33-22-12-4-13-23-33)45-39(44-34-24-14-5-15-25-34)38(43-28-32-20-10-3-11-21-32)37(36)42-27-31-18-8-2-9-19-31/h1-25,35-39H,26-29H2/t35-,36+,37+,38-,39+/m1/s1. The Labute approximate surface area is 265 Å². The van der Waals surface area contributed by atoms with Gasteiger partial charge in [0.15, 0.2) is 0 Å². The molecule has 5 aromatic carbocycles. The van der Waals surface area contributed by atoms with Gasteiger partial charge in [0, 0.05) is 0 Å². The molecule has 6 nitrogen and oxygen atoms in total. The average Bonchev–Trinajstić information content (AvgIpc) is 3.11. The van der Waals surface area contributed by atoms with Crippen LogP contribution >= 0.6 is 0 Å². The van der Waals surface area contributed by atoms with E-state index in [9.17, 15) is 0 Å². The van der Waals surface area contributed by atoms with Gasteiger partial charge in [0.25, 0.3) is 0 Å². The first-order valence-electron chi connectivity index (χ1n) is 15.3. The van der Waals surface area contributed by atoms with Gasteiger partial charge in [0.1, 0.15) is 42.5 Å². The lowest BCUT2D eigenvalue weighted by molar-refractivity contribution is -0.307. The molecule has 0 saturated carbocycles. The second-order valence-corrected chi connectivity index (χ2v) is 10.9. The molecule has 1 aliphatic rings. The number of para-hydroxylation sites is 2. The Morgan fingerprint density at radius 2 is 0.822 bits per heavy atom. The van der Waals surface area contributed by atoms with Crippen molar-refractivity contribution in [2.75, 3.05) is 6.61 Å². The molecule has 0 amide bonds. The van der Waals surface area contributed by atoms with E-state index in [-0.39, 0.29) is 6.61 Å². The molecule has 0 unspecified atom stereocenters. The maximum Gasteiger partial charge on any atom is 0.229 e. The molecule has 1 saturated heterocycles. The van der Waals surface area contributed by atoms with E-state index in [4.69, 9.17) is 28.4 Å². The molecule has 0 N–H and O–H groups in total. The highest BCUT2D eigenvalue weighted by Crippen LogP contribution is 2.32. The van der Waals surface area contributed by atoms with Gasteiger partial charge in [-0.2, -0.15) is 0 Å². The third-order valence-electron chi connectivity index (χ3n) is 7.60. The van der Waals surface area contributed by atoms with E-state index in [1.807, 2.05) is 152 Å². The summed E-state index contributed by atoms with van der Waals surface area (Å²) in [4.78, 5) is 0. The van der Waals surface area contributed by atoms with Crippen molar-refractivity contribution >= 4 is 0 Å². The fraction of sp³-hybridized carbons (Fsp3) is 0.231. The molecular weight excluding hydrogens is 564 g/mol. The number of hydrogen-bond acceptors (Lipinski definition) is 6. The van der Waals surface area contributed by atoms with E-state index in [1.165, 1.54) is 0 Å². The van der Waals surface area contributed by atoms with E-state index in [0.717, 1.165) is 22.4 Å². The summed E-state index contributed by atoms with van der Waals surface area (Å²) in [6, 6.07) is 49.6. The minimum absolute atomic E-state index is 0.231. The minimum Gasteiger partial charge on any atom is -0.491 e. The van der Waals surface area contributed by atoms with E-state index in [0.29, 0.717) is 25.6 Å². The predicted molar refractivity (Wildman–Crippen MR) is 173 cm³/mol. The summed E-state index contributed by atoms with van der Waals surface area (Å²) in [5, 5.41) is 0. The van der Waals surface area contributed by atoms with E-state index >= 15 is 0 Å². The van der Waals surface area contributed by atoms with Gasteiger partial charge in [-0.15, -0.1) is 0 Å². The van der Waals surface area contributed by atoms with Crippen molar-refractivity contribution in [1.29, 1.82) is 0 Å². The summed E-state index contributed by atoms with van der Waals surface area (Å²) in [6.45, 7) is 1.32. The summed E-state index contributed by atoms with van der Waals surface area (Å²) in [5.41, 5.74) is 3.13. The zero-order valence-corrected chi connectivity index (χ0v) is 25.1. The summed E-state index contributed by atoms with van der Waals surface area (Å²) in [7, 11) is 0. The van der Waals surface area contributed by atoms with Gasteiger partial charge < -0.3 is 28.4 Å². The van der Waals surface area contributed by atoms with Crippen molar-refractivity contribution in [3.63, 3.8) is 0 Å². The SMILES string of the molecule is c1ccc(CO[C@H]2[C@@H](OCc3ccccc3)[C@@H](COc3ccccc3)O[C@H](Oc3ccccc3)[C@@H]2OCc2ccccc2)cc1. The Kier molecular flexibility index (Phi) is 10.9. The molecule has 0 spiro atoms. The molecule has 0 radical (unpaired) electrons. The monoisotopic (exact) mass is 602 g/mol. The van der Waals surface area contributed by atoms with Gasteiger partial charge in [-0.1, -0.05) is 127 Å². The van der Waals surface area contributed by atoms with Crippen LogP contribution in [0.4, 0.5) is 0 Å². The predicted octanol–water partition coefficient (Wildman–Crippen LogP) is 7.63. The summed E-state index contributed by atoms with van der Waals surface area (Å²) in [6.07, 6.45) is -3.03. The maximum atomic E-state index is 6.76. The Balaban J connectivity index is 1.33. The Morgan fingerprint density at radius 1 is 0.422 bits per heavy atom. The van der Waals surface area contributed by atoms with Gasteiger partial charge >= 0.3 is 0 Å². The second-order valence-electron chi connectivity index (χ2n) is 10.9. The molecule has 1 heterocycles. The first-order valence-corrected chi connectivity index (χ1v) is 15.3. The number of benzene rings is 5. The Bertz CT molecular complexity index is 1520. The van der Waals surface area contributed by atoms with Crippen LogP contribution in [-0.2, 0) is 38.8 Å². The minimum atomic E-state index is -0.794. The molecule has 1 fully saturated rings. The van der Waals surface area contributed by atoms with Crippen molar-refractivity contribution in [3.8, 4) is 11.5 Å². The lowest BCUT2D eigenvalue weighted by Gasteiger charge is -2.45. The van der Waals surface area contributed by atoms with Crippen LogP contribution < -0.4 is 9.47 Å². The summed E-state index contributed by atoms with van der Waals surface area (Å²) in [5.74, 6) is 1.41. The molecule has 230 valence electrons. The van der Waals surface area contributed by atoms with Crippen molar-refractivity contribution in [3.05, 3.63) is 168 Å². The molecule has 0 bridgehead atoms. The molecule has 45 heavy (non-hydrogen) atoms. The van der Waals surface area contributed by atoms with Crippen LogP contribution in [0.5, 0.6) is 11.5 Å². The van der Waals surface area contributed by atoms with E-state index < -0.39 is 30.7 Å². The lowest BCUT2D eigenvalue weighted by atomic mass is 9.97. The van der Waals surface area contributed by atoms with Crippen molar-refractivity contribution < 1.29 is 28.4 Å². The number of ether oxygens (including phenoxy) is 6. The molecule has 1 aliphatic heterocycles. The van der Waals surface area contributed by atoms with E-state index in [1.54, 1.807) is 0 Å². The number of hydrogen-bond donors (Lipinski definition) is 0. The van der Waals surface area contributed by atoms with Gasteiger partial charge in [-0.3, -0.25) is 0 Å². The quantitative estimate of drug-likeness (QED) is 0.130. The average molecular weight is 603 g/mol. The highest BCUT2D eigenvalue weighted by molar-refractivity contribution is 5.23. The highest BCUT2D eigenvalue weighted by Gasteiger charge is 2.50. The zero-order valence-electron chi connectivity index (χ0n) is 25.1. The van der Waals surface area contributed by atoms with Crippen molar-refractivity contribution in [1.82, 2.24) is 0 Å². The lowest BCUT2D eigenvalue weighted by Crippen LogP contribution is -2.62. The topological polar surface area (TPSA) is 55.4 Å².